The molecule has 26 heavy (non-hydrogen) atoms. The predicted molar refractivity (Wildman–Crippen MR) is 104 cm³/mol. The number of hydrogen-bond donors (Lipinski definition) is 1. The smallest absolute Gasteiger partial charge is 0.234 e. The molecule has 0 bridgehead atoms. The van der Waals surface area contributed by atoms with Crippen molar-refractivity contribution in [3.05, 3.63) is 54.4 Å². The lowest BCUT2D eigenvalue weighted by Gasteiger charge is -2.08. The van der Waals surface area contributed by atoms with Crippen molar-refractivity contribution in [3.63, 3.8) is 0 Å². The molecule has 0 saturated heterocycles. The van der Waals surface area contributed by atoms with Crippen LogP contribution in [0.15, 0.2) is 53.8 Å². The Morgan fingerprint density at radius 3 is 2.69 bits per heavy atom. The summed E-state index contributed by atoms with van der Waals surface area (Å²) in [5.41, 5.74) is 2.80. The Bertz CT molecular complexity index is 879. The number of aryl methyl sites for hydroxylation is 1. The highest BCUT2D eigenvalue weighted by molar-refractivity contribution is 7.99. The van der Waals surface area contributed by atoms with E-state index in [-0.39, 0.29) is 11.7 Å². The van der Waals surface area contributed by atoms with Gasteiger partial charge in [0.05, 0.1) is 5.75 Å². The zero-order chi connectivity index (χ0) is 18.4. The number of amides is 1. The first kappa shape index (κ1) is 18.1. The molecule has 1 aromatic carbocycles. The highest BCUT2D eigenvalue weighted by atomic mass is 32.2. The van der Waals surface area contributed by atoms with Gasteiger partial charge < -0.3 is 9.88 Å². The van der Waals surface area contributed by atoms with E-state index in [1.165, 1.54) is 11.8 Å². The van der Waals surface area contributed by atoms with Gasteiger partial charge in [0.25, 0.3) is 0 Å². The van der Waals surface area contributed by atoms with Crippen molar-refractivity contribution in [1.82, 2.24) is 19.7 Å². The number of hydrogen-bond acceptors (Lipinski definition) is 5. The second-order valence-corrected chi connectivity index (χ2v) is 6.59. The lowest BCUT2D eigenvalue weighted by atomic mass is 10.2. The summed E-state index contributed by atoms with van der Waals surface area (Å²) in [4.78, 5) is 16.5. The van der Waals surface area contributed by atoms with Gasteiger partial charge in [-0.05, 0) is 37.6 Å². The van der Waals surface area contributed by atoms with Gasteiger partial charge in [-0.15, -0.1) is 10.2 Å². The molecule has 6 nitrogen and oxygen atoms in total. The summed E-state index contributed by atoms with van der Waals surface area (Å²) < 4.78 is 2.02. The topological polar surface area (TPSA) is 72.7 Å². The summed E-state index contributed by atoms with van der Waals surface area (Å²) in [6.45, 7) is 4.85. The fourth-order valence-corrected chi connectivity index (χ4v) is 3.36. The maximum atomic E-state index is 12.1. The number of carbonyl (C=O) groups is 1. The first-order valence-electron chi connectivity index (χ1n) is 8.57. The van der Waals surface area contributed by atoms with E-state index in [1.807, 2.05) is 54.0 Å². The Labute approximate surface area is 157 Å². The van der Waals surface area contributed by atoms with E-state index < -0.39 is 0 Å². The molecule has 1 N–H and O–H groups in total. The van der Waals surface area contributed by atoms with Gasteiger partial charge >= 0.3 is 0 Å². The molecule has 0 atom stereocenters. The van der Waals surface area contributed by atoms with Crippen molar-refractivity contribution in [1.29, 1.82) is 0 Å². The number of para-hydroxylation sites is 1. The first-order valence-corrected chi connectivity index (χ1v) is 9.56. The molecule has 2 heterocycles. The van der Waals surface area contributed by atoms with Crippen molar-refractivity contribution < 1.29 is 4.79 Å². The molecule has 0 unspecified atom stereocenters. The Morgan fingerprint density at radius 2 is 1.96 bits per heavy atom. The summed E-state index contributed by atoms with van der Waals surface area (Å²) in [5, 5.41) is 12.2. The van der Waals surface area contributed by atoms with Gasteiger partial charge in [0, 0.05) is 29.7 Å². The number of nitrogens with one attached hydrogen (secondary N) is 1. The number of carbonyl (C=O) groups excluding carboxylic acids is 1. The number of pyridine rings is 1. The normalized spacial score (nSPS) is 10.7. The highest BCUT2D eigenvalue weighted by Gasteiger charge is 2.15. The number of nitrogens with zero attached hydrogens (tertiary/aromatic N) is 4. The second-order valence-electron chi connectivity index (χ2n) is 5.64. The van der Waals surface area contributed by atoms with Crippen LogP contribution in [0.25, 0.3) is 11.4 Å². The summed E-state index contributed by atoms with van der Waals surface area (Å²) in [6.07, 6.45) is 2.67. The number of aromatic nitrogens is 4. The zero-order valence-electron chi connectivity index (χ0n) is 14.8. The first-order chi connectivity index (χ1) is 12.7. The molecule has 134 valence electrons. The van der Waals surface area contributed by atoms with E-state index in [4.69, 9.17) is 0 Å². The van der Waals surface area contributed by atoms with Gasteiger partial charge in [-0.3, -0.25) is 9.78 Å². The van der Waals surface area contributed by atoms with Crippen LogP contribution in [0.4, 0.5) is 5.69 Å². The summed E-state index contributed by atoms with van der Waals surface area (Å²) in [6, 6.07) is 13.4. The average molecular weight is 367 g/mol. The fraction of sp³-hybridized carbons (Fsp3) is 0.263. The van der Waals surface area contributed by atoms with Crippen LogP contribution in [-0.4, -0.2) is 31.4 Å². The molecule has 3 aromatic rings. The lowest BCUT2D eigenvalue weighted by Crippen LogP contribution is -2.14. The SMILES string of the molecule is CCc1cc(-c2nnc(SCC(=O)Nc3ccccc3)n2CC)ccn1. The third-order valence-corrected chi connectivity index (χ3v) is 4.83. The Hall–Kier alpha value is -2.67. The molecule has 0 saturated carbocycles. The van der Waals surface area contributed by atoms with Crippen LogP contribution < -0.4 is 5.32 Å². The van der Waals surface area contributed by atoms with Crippen molar-refractivity contribution in [2.45, 2.75) is 32.0 Å². The van der Waals surface area contributed by atoms with Gasteiger partial charge in [-0.25, -0.2) is 0 Å². The van der Waals surface area contributed by atoms with Crippen molar-refractivity contribution in [2.24, 2.45) is 0 Å². The zero-order valence-corrected chi connectivity index (χ0v) is 15.7. The molecule has 0 fully saturated rings. The predicted octanol–water partition coefficient (Wildman–Crippen LogP) is 3.65. The minimum atomic E-state index is -0.0643. The second kappa shape index (κ2) is 8.62. The monoisotopic (exact) mass is 367 g/mol. The summed E-state index contributed by atoms with van der Waals surface area (Å²) in [7, 11) is 0. The largest absolute Gasteiger partial charge is 0.325 e. The van der Waals surface area contributed by atoms with E-state index in [2.05, 4.69) is 27.4 Å². The molecule has 2 aromatic heterocycles. The number of thioether (sulfide) groups is 1. The van der Waals surface area contributed by atoms with Crippen LogP contribution in [0.5, 0.6) is 0 Å². The quantitative estimate of drug-likeness (QED) is 0.645. The van der Waals surface area contributed by atoms with Crippen LogP contribution in [0.2, 0.25) is 0 Å². The molecule has 0 aliphatic carbocycles. The van der Waals surface area contributed by atoms with Crippen LogP contribution in [-0.2, 0) is 17.8 Å². The maximum Gasteiger partial charge on any atom is 0.234 e. The van der Waals surface area contributed by atoms with Gasteiger partial charge in [0.2, 0.25) is 5.91 Å². The lowest BCUT2D eigenvalue weighted by molar-refractivity contribution is -0.113. The summed E-state index contributed by atoms with van der Waals surface area (Å²) >= 11 is 1.39. The van der Waals surface area contributed by atoms with Crippen molar-refractivity contribution in [2.75, 3.05) is 11.1 Å². The van der Waals surface area contributed by atoms with Crippen LogP contribution >= 0.6 is 11.8 Å². The molecule has 7 heteroatoms. The van der Waals surface area contributed by atoms with Gasteiger partial charge in [-0.1, -0.05) is 36.9 Å². The third kappa shape index (κ3) is 4.29. The highest BCUT2D eigenvalue weighted by Crippen LogP contribution is 2.24. The minimum absolute atomic E-state index is 0.0643. The van der Waals surface area contributed by atoms with E-state index in [1.54, 1.807) is 6.20 Å². The van der Waals surface area contributed by atoms with Crippen molar-refractivity contribution in [3.8, 4) is 11.4 Å². The number of anilines is 1. The third-order valence-electron chi connectivity index (χ3n) is 3.86. The molecule has 0 aliphatic heterocycles. The van der Waals surface area contributed by atoms with Crippen molar-refractivity contribution >= 4 is 23.4 Å². The molecule has 0 radical (unpaired) electrons. The molecule has 3 rings (SSSR count). The van der Waals surface area contributed by atoms with Crippen LogP contribution in [0, 0.1) is 0 Å². The molecular formula is C19H21N5OS. The van der Waals surface area contributed by atoms with Gasteiger partial charge in [0.15, 0.2) is 11.0 Å². The molecule has 0 spiro atoms. The number of benzene rings is 1. The van der Waals surface area contributed by atoms with E-state index in [0.29, 0.717) is 0 Å². The summed E-state index contributed by atoms with van der Waals surface area (Å²) in [5.74, 6) is 1.02. The Balaban J connectivity index is 1.71. The van der Waals surface area contributed by atoms with E-state index >= 15 is 0 Å². The molecule has 1 amide bonds. The van der Waals surface area contributed by atoms with Crippen LogP contribution in [0.3, 0.4) is 0 Å². The van der Waals surface area contributed by atoms with Crippen LogP contribution in [0.1, 0.15) is 19.5 Å². The number of rotatable bonds is 7. The fourth-order valence-electron chi connectivity index (χ4n) is 2.55. The Kier molecular flexibility index (Phi) is 6.01. The van der Waals surface area contributed by atoms with E-state index in [0.717, 1.165) is 40.9 Å². The van der Waals surface area contributed by atoms with Gasteiger partial charge in [0.1, 0.15) is 0 Å². The average Bonchev–Trinajstić information content (AvgIpc) is 3.10. The minimum Gasteiger partial charge on any atom is -0.325 e. The van der Waals surface area contributed by atoms with E-state index in [9.17, 15) is 4.79 Å². The molecule has 0 aliphatic rings. The van der Waals surface area contributed by atoms with Gasteiger partial charge in [-0.2, -0.15) is 0 Å². The standard InChI is InChI=1S/C19H21N5OS/c1-3-15-12-14(10-11-20-15)18-22-23-19(24(18)4-2)26-13-17(25)21-16-8-6-5-7-9-16/h5-12H,3-4,13H2,1-2H3,(H,21,25). The Morgan fingerprint density at radius 1 is 1.15 bits per heavy atom. The maximum absolute atomic E-state index is 12.1. The molecular weight excluding hydrogens is 346 g/mol.